The van der Waals surface area contributed by atoms with Crippen molar-refractivity contribution in [2.24, 2.45) is 0 Å². The molecule has 4 heterocycles. The van der Waals surface area contributed by atoms with E-state index in [2.05, 4.69) is 19.9 Å². The summed E-state index contributed by atoms with van der Waals surface area (Å²) in [6.07, 6.45) is -2.85. The molecule has 2 aliphatic rings. The molecule has 0 N–H and O–H groups in total. The van der Waals surface area contributed by atoms with Gasteiger partial charge in [-0.25, -0.2) is 13.8 Å². The molecule has 0 spiro atoms. The zero-order valence-electron chi connectivity index (χ0n) is 20.6. The summed E-state index contributed by atoms with van der Waals surface area (Å²) < 4.78 is 35.3. The molecule has 2 saturated heterocycles. The predicted octanol–water partition coefficient (Wildman–Crippen LogP) is 2.47. The Balaban J connectivity index is 1.59. The zero-order valence-corrected chi connectivity index (χ0v) is 20.6. The molecule has 0 unspecified atom stereocenters. The van der Waals surface area contributed by atoms with Crippen LogP contribution in [0.1, 0.15) is 33.0 Å². The van der Waals surface area contributed by atoms with Crippen LogP contribution in [0.4, 0.5) is 20.7 Å². The molecule has 0 radical (unpaired) electrons. The third-order valence-corrected chi connectivity index (χ3v) is 6.82. The molecule has 2 aromatic heterocycles. The molecule has 2 atom stereocenters. The first-order valence-electron chi connectivity index (χ1n) is 12.2. The molecule has 1 aromatic carbocycles. The minimum Gasteiger partial charge on any atom is -0.375 e. The molecule has 36 heavy (non-hydrogen) atoms. The first-order chi connectivity index (χ1) is 17.3. The molecular formula is C24H30F2N8O2. The van der Waals surface area contributed by atoms with E-state index in [0.29, 0.717) is 68.8 Å². The second-order valence-electron chi connectivity index (χ2n) is 9.31. The van der Waals surface area contributed by atoms with Gasteiger partial charge in [0, 0.05) is 32.7 Å². The van der Waals surface area contributed by atoms with Crippen molar-refractivity contribution in [2.75, 3.05) is 55.7 Å². The van der Waals surface area contributed by atoms with E-state index in [0.717, 1.165) is 0 Å². The van der Waals surface area contributed by atoms with Crippen LogP contribution in [-0.2, 0) is 9.53 Å². The van der Waals surface area contributed by atoms with Gasteiger partial charge in [-0.05, 0) is 32.9 Å². The van der Waals surface area contributed by atoms with Crippen LogP contribution in [0.5, 0.6) is 0 Å². The van der Waals surface area contributed by atoms with Crippen LogP contribution in [0, 0.1) is 0 Å². The fourth-order valence-electron chi connectivity index (χ4n) is 4.75. The molecule has 0 aliphatic carbocycles. The van der Waals surface area contributed by atoms with Crippen molar-refractivity contribution in [1.82, 2.24) is 29.4 Å². The molecule has 0 amide bonds. The van der Waals surface area contributed by atoms with Crippen LogP contribution in [0.25, 0.3) is 17.0 Å². The quantitative estimate of drug-likeness (QED) is 0.506. The molecule has 0 bridgehead atoms. The molecule has 2 fully saturated rings. The van der Waals surface area contributed by atoms with Crippen molar-refractivity contribution in [2.45, 2.75) is 39.3 Å². The van der Waals surface area contributed by atoms with Crippen LogP contribution in [0.3, 0.4) is 0 Å². The van der Waals surface area contributed by atoms with Crippen LogP contribution < -0.4 is 9.80 Å². The summed E-state index contributed by atoms with van der Waals surface area (Å²) in [5.74, 6) is 0.657. The largest absolute Gasteiger partial charge is 0.375 e. The van der Waals surface area contributed by atoms with Crippen molar-refractivity contribution in [3.8, 4) is 5.95 Å². The summed E-state index contributed by atoms with van der Waals surface area (Å²) in [6, 6.07) is 6.95. The molecular weight excluding hydrogens is 470 g/mol. The minimum atomic E-state index is -2.81. The zero-order chi connectivity index (χ0) is 25.4. The first-order valence-corrected chi connectivity index (χ1v) is 12.2. The number of hydrogen-bond donors (Lipinski definition) is 0. The number of ketones is 1. The van der Waals surface area contributed by atoms with Crippen molar-refractivity contribution in [3.63, 3.8) is 0 Å². The Morgan fingerprint density at radius 3 is 2.42 bits per heavy atom. The Morgan fingerprint density at radius 1 is 1.00 bits per heavy atom. The third-order valence-electron chi connectivity index (χ3n) is 6.82. The molecule has 12 heteroatoms. The minimum absolute atomic E-state index is 0.0108. The topological polar surface area (TPSA) is 92.5 Å². The summed E-state index contributed by atoms with van der Waals surface area (Å²) in [5.41, 5.74) is 0.952. The van der Waals surface area contributed by atoms with Gasteiger partial charge in [-0.1, -0.05) is 12.1 Å². The van der Waals surface area contributed by atoms with Crippen molar-refractivity contribution in [1.29, 1.82) is 0 Å². The van der Waals surface area contributed by atoms with E-state index in [1.807, 2.05) is 23.6 Å². The van der Waals surface area contributed by atoms with Gasteiger partial charge in [-0.15, -0.1) is 0 Å². The lowest BCUT2D eigenvalue weighted by molar-refractivity contribution is -0.118. The van der Waals surface area contributed by atoms with Gasteiger partial charge in [0.25, 0.3) is 6.43 Å². The number of ether oxygens (including phenoxy) is 1. The number of Topliss-reactive ketones (excluding diaryl/α,β-unsaturated/α-hetero) is 1. The average Bonchev–Trinajstić information content (AvgIpc) is 3.26. The Bertz CT molecular complexity index is 1240. The van der Waals surface area contributed by atoms with Crippen LogP contribution in [0.2, 0.25) is 0 Å². The van der Waals surface area contributed by atoms with E-state index in [1.54, 1.807) is 31.2 Å². The van der Waals surface area contributed by atoms with Crippen LogP contribution in [0.15, 0.2) is 24.3 Å². The lowest BCUT2D eigenvalue weighted by Crippen LogP contribution is -2.50. The molecule has 10 nitrogen and oxygen atoms in total. The molecule has 3 aromatic rings. The number of benzene rings is 1. The average molecular weight is 501 g/mol. The summed E-state index contributed by atoms with van der Waals surface area (Å²) in [5, 5.41) is 0. The first kappa shape index (κ1) is 24.4. The monoisotopic (exact) mass is 500 g/mol. The fourth-order valence-corrected chi connectivity index (χ4v) is 4.75. The normalized spacial score (nSPS) is 21.5. The summed E-state index contributed by atoms with van der Waals surface area (Å²) in [6.45, 7) is 9.68. The number of piperazine rings is 1. The van der Waals surface area contributed by atoms with E-state index in [-0.39, 0.29) is 23.9 Å². The van der Waals surface area contributed by atoms with E-state index < -0.39 is 12.2 Å². The number of rotatable bonds is 6. The van der Waals surface area contributed by atoms with Gasteiger partial charge >= 0.3 is 0 Å². The van der Waals surface area contributed by atoms with E-state index >= 15 is 0 Å². The Kier molecular flexibility index (Phi) is 6.80. The number of fused-ring (bicyclic) bond motifs is 1. The van der Waals surface area contributed by atoms with Gasteiger partial charge < -0.3 is 14.5 Å². The number of anilines is 2. The van der Waals surface area contributed by atoms with E-state index in [9.17, 15) is 13.6 Å². The van der Waals surface area contributed by atoms with Crippen molar-refractivity contribution in [3.05, 3.63) is 30.1 Å². The van der Waals surface area contributed by atoms with Gasteiger partial charge in [0.15, 0.2) is 5.82 Å². The van der Waals surface area contributed by atoms with Gasteiger partial charge in [0.2, 0.25) is 17.8 Å². The number of alkyl halides is 2. The maximum Gasteiger partial charge on any atom is 0.296 e. The number of hydrogen-bond acceptors (Lipinski definition) is 9. The van der Waals surface area contributed by atoms with Crippen LogP contribution >= 0.6 is 0 Å². The smallest absolute Gasteiger partial charge is 0.296 e. The number of para-hydroxylation sites is 2. The van der Waals surface area contributed by atoms with Gasteiger partial charge in [0.1, 0.15) is 5.78 Å². The summed E-state index contributed by atoms with van der Waals surface area (Å²) >= 11 is 0. The molecule has 5 rings (SSSR count). The Morgan fingerprint density at radius 2 is 1.69 bits per heavy atom. The maximum atomic E-state index is 14.1. The van der Waals surface area contributed by atoms with Crippen molar-refractivity contribution < 1.29 is 18.3 Å². The number of nitrogens with zero attached hydrogens (tertiary/aromatic N) is 8. The summed E-state index contributed by atoms with van der Waals surface area (Å²) in [7, 11) is 0. The van der Waals surface area contributed by atoms with Crippen LogP contribution in [-0.4, -0.2) is 93.2 Å². The number of halogens is 2. The van der Waals surface area contributed by atoms with Gasteiger partial charge in [0.05, 0.1) is 36.3 Å². The molecule has 2 aliphatic heterocycles. The molecule has 0 saturated carbocycles. The second-order valence-corrected chi connectivity index (χ2v) is 9.31. The number of imidazole rings is 1. The van der Waals surface area contributed by atoms with Crippen molar-refractivity contribution >= 4 is 28.7 Å². The Labute approximate surface area is 207 Å². The second kappa shape index (κ2) is 10.0. The fraction of sp³-hybridized carbons (Fsp3) is 0.542. The van der Waals surface area contributed by atoms with E-state index in [4.69, 9.17) is 9.72 Å². The highest BCUT2D eigenvalue weighted by molar-refractivity contribution is 5.78. The van der Waals surface area contributed by atoms with Gasteiger partial charge in [-0.2, -0.15) is 15.0 Å². The maximum absolute atomic E-state index is 14.1. The predicted molar refractivity (Wildman–Crippen MR) is 131 cm³/mol. The number of carbonyl (C=O) groups is 1. The summed E-state index contributed by atoms with van der Waals surface area (Å²) in [4.78, 5) is 36.0. The third kappa shape index (κ3) is 4.74. The lowest BCUT2D eigenvalue weighted by Gasteiger charge is -2.38. The number of morpholine rings is 1. The molecule has 192 valence electrons. The highest BCUT2D eigenvalue weighted by Gasteiger charge is 2.31. The number of carbonyl (C=O) groups excluding carboxylic acids is 1. The standard InChI is InChI=1S/C24H30F2N8O2/c1-15(35)14-31-8-10-32(11-9-31)22-28-23(33-12-13-36-17(3)16(33)2)30-24(29-22)34-19-7-5-4-6-18(19)27-21(34)20(25)26/h4-7,16-17,20H,8-14H2,1-3H3/t16-,17+/m1/s1. The highest BCUT2D eigenvalue weighted by Crippen LogP contribution is 2.29. The number of aromatic nitrogens is 5. The highest BCUT2D eigenvalue weighted by atomic mass is 19.3. The Hall–Kier alpha value is -3.25. The van der Waals surface area contributed by atoms with E-state index in [1.165, 1.54) is 4.57 Å². The lowest BCUT2D eigenvalue weighted by atomic mass is 10.1. The van der Waals surface area contributed by atoms with Gasteiger partial charge in [-0.3, -0.25) is 14.3 Å². The SMILES string of the molecule is CC(=O)CN1CCN(c2nc(N3CCO[C@@H](C)[C@H]3C)nc(-n3c(C(F)F)nc4ccccc43)n2)CC1.